The molecule has 1 rings (SSSR count). The highest BCUT2D eigenvalue weighted by molar-refractivity contribution is 7.88. The van der Waals surface area contributed by atoms with Gasteiger partial charge in [0.05, 0.1) is 6.26 Å². The number of piperazine rings is 1. The van der Waals surface area contributed by atoms with Crippen LogP contribution in [-0.2, 0) is 10.0 Å². The molecule has 1 aliphatic heterocycles. The largest absolute Gasteiger partial charge is 0.315 e. The number of nitrogens with zero attached hydrogens (tertiary/aromatic N) is 2. The molecule has 0 saturated carbocycles. The molecule has 114 valence electrons. The standard InChI is InChI=1S/C13H29N3O2S/c1-4-14-13(2)7-5-6-8-15-9-11-16(12-10-15)19(3,17)18/h13-14H,4-12H2,1-3H3. The van der Waals surface area contributed by atoms with Crippen LogP contribution in [-0.4, -0.2) is 69.2 Å². The molecule has 0 bridgehead atoms. The zero-order valence-corrected chi connectivity index (χ0v) is 13.4. The molecule has 0 spiro atoms. The van der Waals surface area contributed by atoms with Crippen molar-refractivity contribution in [3.63, 3.8) is 0 Å². The normalized spacial score (nSPS) is 20.6. The van der Waals surface area contributed by atoms with Gasteiger partial charge in [-0.15, -0.1) is 0 Å². The Kier molecular flexibility index (Phi) is 7.28. The van der Waals surface area contributed by atoms with Crippen molar-refractivity contribution in [3.8, 4) is 0 Å². The summed E-state index contributed by atoms with van der Waals surface area (Å²) in [4.78, 5) is 2.37. The van der Waals surface area contributed by atoms with E-state index in [4.69, 9.17) is 0 Å². The number of unbranched alkanes of at least 4 members (excludes halogenated alkanes) is 1. The van der Waals surface area contributed by atoms with E-state index in [0.717, 1.165) is 26.2 Å². The number of hydrogen-bond acceptors (Lipinski definition) is 4. The Hall–Kier alpha value is -0.170. The predicted molar refractivity (Wildman–Crippen MR) is 79.8 cm³/mol. The molecule has 1 heterocycles. The molecule has 1 saturated heterocycles. The average molecular weight is 291 g/mol. The Morgan fingerprint density at radius 1 is 1.16 bits per heavy atom. The second kappa shape index (κ2) is 8.19. The zero-order valence-electron chi connectivity index (χ0n) is 12.6. The molecule has 0 aromatic carbocycles. The molecule has 0 aromatic rings. The molecule has 0 aromatic heterocycles. The molecule has 0 aliphatic carbocycles. The van der Waals surface area contributed by atoms with Gasteiger partial charge in [-0.3, -0.25) is 0 Å². The van der Waals surface area contributed by atoms with E-state index in [-0.39, 0.29) is 0 Å². The van der Waals surface area contributed by atoms with E-state index in [0.29, 0.717) is 19.1 Å². The third kappa shape index (κ3) is 6.70. The third-order valence-electron chi connectivity index (χ3n) is 3.71. The van der Waals surface area contributed by atoms with Gasteiger partial charge in [0.15, 0.2) is 0 Å². The summed E-state index contributed by atoms with van der Waals surface area (Å²) in [6.45, 7) is 9.53. The Balaban J connectivity index is 2.10. The fourth-order valence-electron chi connectivity index (χ4n) is 2.52. The Bertz CT molecular complexity index is 338. The molecule has 1 aliphatic rings. The van der Waals surface area contributed by atoms with Crippen LogP contribution in [0.4, 0.5) is 0 Å². The summed E-state index contributed by atoms with van der Waals surface area (Å²) in [5.41, 5.74) is 0. The maximum Gasteiger partial charge on any atom is 0.211 e. The van der Waals surface area contributed by atoms with Gasteiger partial charge in [0.1, 0.15) is 0 Å². The van der Waals surface area contributed by atoms with Crippen molar-refractivity contribution < 1.29 is 8.42 Å². The van der Waals surface area contributed by atoms with Crippen molar-refractivity contribution in [1.82, 2.24) is 14.5 Å². The molecule has 1 unspecified atom stereocenters. The Morgan fingerprint density at radius 3 is 2.32 bits per heavy atom. The first-order valence-electron chi connectivity index (χ1n) is 7.34. The fraction of sp³-hybridized carbons (Fsp3) is 1.00. The summed E-state index contributed by atoms with van der Waals surface area (Å²) in [6, 6.07) is 0.604. The Labute approximate surface area is 118 Å². The lowest BCUT2D eigenvalue weighted by Crippen LogP contribution is -2.48. The van der Waals surface area contributed by atoms with Gasteiger partial charge in [-0.2, -0.15) is 4.31 Å². The van der Waals surface area contributed by atoms with Gasteiger partial charge in [-0.25, -0.2) is 8.42 Å². The van der Waals surface area contributed by atoms with E-state index >= 15 is 0 Å². The van der Waals surface area contributed by atoms with Gasteiger partial charge in [0, 0.05) is 32.2 Å². The average Bonchev–Trinajstić information content (AvgIpc) is 2.34. The lowest BCUT2D eigenvalue weighted by Gasteiger charge is -2.33. The number of nitrogens with one attached hydrogen (secondary N) is 1. The van der Waals surface area contributed by atoms with Gasteiger partial charge in [0.2, 0.25) is 10.0 Å². The van der Waals surface area contributed by atoms with Crippen LogP contribution in [0.5, 0.6) is 0 Å². The van der Waals surface area contributed by atoms with Crippen LogP contribution in [0.2, 0.25) is 0 Å². The predicted octanol–water partition coefficient (Wildman–Crippen LogP) is 0.732. The van der Waals surface area contributed by atoms with Crippen LogP contribution >= 0.6 is 0 Å². The summed E-state index contributed by atoms with van der Waals surface area (Å²) in [7, 11) is -2.99. The van der Waals surface area contributed by atoms with Gasteiger partial charge in [-0.05, 0) is 32.9 Å². The zero-order chi connectivity index (χ0) is 14.3. The lowest BCUT2D eigenvalue weighted by atomic mass is 10.1. The molecule has 1 atom stereocenters. The molecular weight excluding hydrogens is 262 g/mol. The highest BCUT2D eigenvalue weighted by atomic mass is 32.2. The van der Waals surface area contributed by atoms with Crippen LogP contribution < -0.4 is 5.32 Å². The topological polar surface area (TPSA) is 52.6 Å². The van der Waals surface area contributed by atoms with E-state index in [1.807, 2.05) is 0 Å². The van der Waals surface area contributed by atoms with Crippen LogP contribution in [0.3, 0.4) is 0 Å². The van der Waals surface area contributed by atoms with Crippen molar-refractivity contribution >= 4 is 10.0 Å². The van der Waals surface area contributed by atoms with E-state index in [1.54, 1.807) is 4.31 Å². The maximum absolute atomic E-state index is 11.4. The van der Waals surface area contributed by atoms with Gasteiger partial charge in [0.25, 0.3) is 0 Å². The van der Waals surface area contributed by atoms with Crippen LogP contribution in [0.25, 0.3) is 0 Å². The van der Waals surface area contributed by atoms with Crippen molar-refractivity contribution in [1.29, 1.82) is 0 Å². The van der Waals surface area contributed by atoms with Gasteiger partial charge in [-0.1, -0.05) is 13.3 Å². The molecule has 1 N–H and O–H groups in total. The minimum absolute atomic E-state index is 0.604. The quantitative estimate of drug-likeness (QED) is 0.670. The van der Waals surface area contributed by atoms with Crippen molar-refractivity contribution in [2.45, 2.75) is 39.2 Å². The molecular formula is C13H29N3O2S. The number of sulfonamides is 1. The first-order chi connectivity index (χ1) is 8.93. The second-order valence-corrected chi connectivity index (χ2v) is 7.44. The summed E-state index contributed by atoms with van der Waals surface area (Å²) in [5, 5.41) is 3.42. The molecule has 1 fully saturated rings. The Morgan fingerprint density at radius 2 is 1.79 bits per heavy atom. The molecule has 0 amide bonds. The lowest BCUT2D eigenvalue weighted by molar-refractivity contribution is 0.185. The van der Waals surface area contributed by atoms with Crippen molar-refractivity contribution in [3.05, 3.63) is 0 Å². The van der Waals surface area contributed by atoms with E-state index in [9.17, 15) is 8.42 Å². The SMILES string of the molecule is CCNC(C)CCCCN1CCN(S(C)(=O)=O)CC1. The van der Waals surface area contributed by atoms with Crippen LogP contribution in [0.1, 0.15) is 33.1 Å². The summed E-state index contributed by atoms with van der Waals surface area (Å²) >= 11 is 0. The maximum atomic E-state index is 11.4. The van der Waals surface area contributed by atoms with Gasteiger partial charge < -0.3 is 10.2 Å². The van der Waals surface area contributed by atoms with E-state index in [2.05, 4.69) is 24.1 Å². The van der Waals surface area contributed by atoms with Gasteiger partial charge >= 0.3 is 0 Å². The molecule has 19 heavy (non-hydrogen) atoms. The fourth-order valence-corrected chi connectivity index (χ4v) is 3.35. The number of rotatable bonds is 8. The summed E-state index contributed by atoms with van der Waals surface area (Å²) < 4.78 is 24.4. The van der Waals surface area contributed by atoms with E-state index in [1.165, 1.54) is 25.5 Å². The third-order valence-corrected chi connectivity index (χ3v) is 5.02. The highest BCUT2D eigenvalue weighted by Gasteiger charge is 2.22. The minimum atomic E-state index is -2.99. The highest BCUT2D eigenvalue weighted by Crippen LogP contribution is 2.08. The van der Waals surface area contributed by atoms with Crippen molar-refractivity contribution in [2.24, 2.45) is 0 Å². The first kappa shape index (κ1) is 16.9. The van der Waals surface area contributed by atoms with Crippen molar-refractivity contribution in [2.75, 3.05) is 45.5 Å². The minimum Gasteiger partial charge on any atom is -0.315 e. The smallest absolute Gasteiger partial charge is 0.211 e. The van der Waals surface area contributed by atoms with Crippen LogP contribution in [0.15, 0.2) is 0 Å². The summed E-state index contributed by atoms with van der Waals surface area (Å²) in [6.07, 6.45) is 4.96. The molecule has 5 nitrogen and oxygen atoms in total. The monoisotopic (exact) mass is 291 g/mol. The number of hydrogen-bond donors (Lipinski definition) is 1. The summed E-state index contributed by atoms with van der Waals surface area (Å²) in [5.74, 6) is 0. The first-order valence-corrected chi connectivity index (χ1v) is 9.19. The molecule has 0 radical (unpaired) electrons. The second-order valence-electron chi connectivity index (χ2n) is 5.46. The molecule has 6 heteroatoms. The van der Waals surface area contributed by atoms with Crippen LogP contribution in [0, 0.1) is 0 Å². The van der Waals surface area contributed by atoms with E-state index < -0.39 is 10.0 Å².